The molecule has 2 heterocycles. The second kappa shape index (κ2) is 8.71. The summed E-state index contributed by atoms with van der Waals surface area (Å²) in [7, 11) is -3.58. The van der Waals surface area contributed by atoms with Gasteiger partial charge < -0.3 is 9.32 Å². The summed E-state index contributed by atoms with van der Waals surface area (Å²) in [5, 5.41) is 0. The van der Waals surface area contributed by atoms with Crippen LogP contribution in [0.25, 0.3) is 0 Å². The first-order valence-electron chi connectivity index (χ1n) is 9.53. The maximum Gasteiger partial charge on any atom is 0.245 e. The molecule has 1 aromatic heterocycles. The highest BCUT2D eigenvalue weighted by atomic mass is 32.2. The Kier molecular flexibility index (Phi) is 6.34. The largest absolute Gasteiger partial charge is 0.463 e. The molecular formula is C20H27N3O3S. The molecule has 0 radical (unpaired) electrons. The highest BCUT2D eigenvalue weighted by Crippen LogP contribution is 2.33. The van der Waals surface area contributed by atoms with Gasteiger partial charge in [0.25, 0.3) is 0 Å². The van der Waals surface area contributed by atoms with Crippen LogP contribution in [-0.2, 0) is 10.0 Å². The summed E-state index contributed by atoms with van der Waals surface area (Å²) in [6.07, 6.45) is 6.55. The van der Waals surface area contributed by atoms with E-state index in [-0.39, 0.29) is 0 Å². The van der Waals surface area contributed by atoms with Crippen LogP contribution >= 0.6 is 0 Å². The maximum atomic E-state index is 13.3. The molecule has 0 amide bonds. The Labute approximate surface area is 161 Å². The maximum absolute atomic E-state index is 13.3. The van der Waals surface area contributed by atoms with Gasteiger partial charge in [0.15, 0.2) is 0 Å². The average Bonchev–Trinajstić information content (AvgIpc) is 3.21. The van der Waals surface area contributed by atoms with Crippen LogP contribution in [0.3, 0.4) is 0 Å². The van der Waals surface area contributed by atoms with Gasteiger partial charge in [-0.2, -0.15) is 4.31 Å². The van der Waals surface area contributed by atoms with Gasteiger partial charge in [0.1, 0.15) is 10.7 Å². The molecule has 146 valence electrons. The van der Waals surface area contributed by atoms with Gasteiger partial charge >= 0.3 is 0 Å². The van der Waals surface area contributed by atoms with Crippen LogP contribution in [0.15, 0.2) is 50.9 Å². The molecule has 27 heavy (non-hydrogen) atoms. The lowest BCUT2D eigenvalue weighted by atomic mass is 10.1. The smallest absolute Gasteiger partial charge is 0.245 e. The Morgan fingerprint density at radius 2 is 1.89 bits per heavy atom. The van der Waals surface area contributed by atoms with Gasteiger partial charge in [0.05, 0.1) is 23.9 Å². The second-order valence-electron chi connectivity index (χ2n) is 6.56. The molecule has 0 bridgehead atoms. The third kappa shape index (κ3) is 4.42. The number of furan rings is 1. The van der Waals surface area contributed by atoms with Crippen molar-refractivity contribution < 1.29 is 12.8 Å². The normalized spacial score (nSPS) is 15.7. The van der Waals surface area contributed by atoms with Crippen molar-refractivity contribution in [2.45, 2.75) is 38.0 Å². The Balaban J connectivity index is 2.03. The summed E-state index contributed by atoms with van der Waals surface area (Å²) in [6.45, 7) is 6.38. The summed E-state index contributed by atoms with van der Waals surface area (Å²) in [4.78, 5) is 6.92. The van der Waals surface area contributed by atoms with Crippen molar-refractivity contribution in [1.29, 1.82) is 0 Å². The van der Waals surface area contributed by atoms with Gasteiger partial charge in [0.2, 0.25) is 10.0 Å². The number of hydrogen-bond donors (Lipinski definition) is 0. The van der Waals surface area contributed by atoms with Crippen molar-refractivity contribution in [3.05, 3.63) is 42.4 Å². The molecule has 0 spiro atoms. The third-order valence-electron chi connectivity index (χ3n) is 4.85. The second-order valence-corrected chi connectivity index (χ2v) is 8.47. The van der Waals surface area contributed by atoms with E-state index in [1.807, 2.05) is 26.0 Å². The molecule has 2 aromatic rings. The first kappa shape index (κ1) is 19.6. The number of anilines is 1. The van der Waals surface area contributed by atoms with E-state index in [1.54, 1.807) is 30.7 Å². The summed E-state index contributed by atoms with van der Waals surface area (Å²) in [5.41, 5.74) is 1.37. The summed E-state index contributed by atoms with van der Waals surface area (Å²) < 4.78 is 33.3. The predicted octanol–water partition coefficient (Wildman–Crippen LogP) is 4.05. The van der Waals surface area contributed by atoms with Gasteiger partial charge in [-0.05, 0) is 49.6 Å². The lowest BCUT2D eigenvalue weighted by Gasteiger charge is -2.31. The first-order chi connectivity index (χ1) is 13.1. The van der Waals surface area contributed by atoms with Crippen LogP contribution in [-0.4, -0.2) is 45.1 Å². The fourth-order valence-corrected chi connectivity index (χ4v) is 5.08. The van der Waals surface area contributed by atoms with E-state index in [0.29, 0.717) is 29.4 Å². The van der Waals surface area contributed by atoms with Crippen molar-refractivity contribution in [3.63, 3.8) is 0 Å². The fourth-order valence-electron chi connectivity index (χ4n) is 3.39. The summed E-state index contributed by atoms with van der Waals surface area (Å²) in [6, 6.07) is 9.02. The number of nitrogens with zero attached hydrogens (tertiary/aromatic N) is 3. The number of aliphatic imine (C=N–C) groups is 1. The van der Waals surface area contributed by atoms with Gasteiger partial charge in [-0.25, -0.2) is 8.42 Å². The number of benzene rings is 1. The number of rotatable bonds is 7. The van der Waals surface area contributed by atoms with E-state index in [1.165, 1.54) is 10.7 Å². The molecule has 0 saturated carbocycles. The molecular weight excluding hydrogens is 362 g/mol. The zero-order valence-corrected chi connectivity index (χ0v) is 16.8. The number of hydrogen-bond acceptors (Lipinski definition) is 5. The van der Waals surface area contributed by atoms with E-state index < -0.39 is 10.0 Å². The molecule has 0 aliphatic carbocycles. The molecule has 0 atom stereocenters. The molecule has 1 saturated heterocycles. The van der Waals surface area contributed by atoms with Gasteiger partial charge in [0, 0.05) is 26.2 Å². The van der Waals surface area contributed by atoms with Gasteiger partial charge in [-0.15, -0.1) is 0 Å². The minimum absolute atomic E-state index is 0.335. The van der Waals surface area contributed by atoms with Crippen LogP contribution in [0.5, 0.6) is 0 Å². The Bertz CT molecular complexity index is 866. The van der Waals surface area contributed by atoms with E-state index in [2.05, 4.69) is 9.89 Å². The van der Waals surface area contributed by atoms with E-state index in [4.69, 9.17) is 4.42 Å². The highest BCUT2D eigenvalue weighted by molar-refractivity contribution is 7.89. The predicted molar refractivity (Wildman–Crippen MR) is 109 cm³/mol. The zero-order valence-electron chi connectivity index (χ0n) is 16.0. The van der Waals surface area contributed by atoms with Crippen LogP contribution in [0.2, 0.25) is 0 Å². The zero-order chi connectivity index (χ0) is 19.3. The average molecular weight is 390 g/mol. The molecule has 3 rings (SSSR count). The molecule has 6 nitrogen and oxygen atoms in total. The SMILES string of the molecule is CCN(CC)S(=O)(=O)c1cc(N=Cc2ccco2)ccc1N1CCCCC1. The van der Waals surface area contributed by atoms with Crippen molar-refractivity contribution in [2.75, 3.05) is 31.1 Å². The quantitative estimate of drug-likeness (QED) is 0.670. The molecule has 1 aliphatic heterocycles. The van der Waals surface area contributed by atoms with Crippen LogP contribution in [0.1, 0.15) is 38.9 Å². The highest BCUT2D eigenvalue weighted by Gasteiger charge is 2.28. The molecule has 7 heteroatoms. The summed E-state index contributed by atoms with van der Waals surface area (Å²) >= 11 is 0. The van der Waals surface area contributed by atoms with Crippen LogP contribution in [0, 0.1) is 0 Å². The molecule has 0 N–H and O–H groups in total. The monoisotopic (exact) mass is 389 g/mol. The van der Waals surface area contributed by atoms with Crippen molar-refractivity contribution in [2.24, 2.45) is 4.99 Å². The standard InChI is InChI=1S/C20H27N3O3S/c1-3-23(4-2)27(24,25)20-15-17(21-16-18-9-8-14-26-18)10-11-19(20)22-12-6-5-7-13-22/h8-11,14-16H,3-7,12-13H2,1-2H3. The lowest BCUT2D eigenvalue weighted by molar-refractivity contribution is 0.445. The number of piperidine rings is 1. The first-order valence-corrected chi connectivity index (χ1v) is 11.0. The Morgan fingerprint density at radius 1 is 1.15 bits per heavy atom. The van der Waals surface area contributed by atoms with Gasteiger partial charge in [-0.1, -0.05) is 13.8 Å². The van der Waals surface area contributed by atoms with E-state index >= 15 is 0 Å². The molecule has 1 fully saturated rings. The topological polar surface area (TPSA) is 66.1 Å². The Hall–Kier alpha value is -2.12. The molecule has 1 aliphatic rings. The third-order valence-corrected chi connectivity index (χ3v) is 6.93. The molecule has 0 unspecified atom stereocenters. The van der Waals surface area contributed by atoms with Gasteiger partial charge in [-0.3, -0.25) is 4.99 Å². The Morgan fingerprint density at radius 3 is 2.52 bits per heavy atom. The minimum Gasteiger partial charge on any atom is -0.463 e. The summed E-state index contributed by atoms with van der Waals surface area (Å²) in [5.74, 6) is 0.628. The number of sulfonamides is 1. The van der Waals surface area contributed by atoms with E-state index in [0.717, 1.165) is 31.6 Å². The van der Waals surface area contributed by atoms with E-state index in [9.17, 15) is 8.42 Å². The van der Waals surface area contributed by atoms with Crippen LogP contribution in [0.4, 0.5) is 11.4 Å². The minimum atomic E-state index is -3.58. The van der Waals surface area contributed by atoms with Crippen molar-refractivity contribution >= 4 is 27.6 Å². The van der Waals surface area contributed by atoms with Crippen LogP contribution < -0.4 is 4.90 Å². The van der Waals surface area contributed by atoms with Crippen molar-refractivity contribution in [3.8, 4) is 0 Å². The lowest BCUT2D eigenvalue weighted by Crippen LogP contribution is -2.34. The molecule has 1 aromatic carbocycles. The van der Waals surface area contributed by atoms with Crippen molar-refractivity contribution in [1.82, 2.24) is 4.31 Å². The fraction of sp³-hybridized carbons (Fsp3) is 0.450.